The van der Waals surface area contributed by atoms with Gasteiger partial charge in [-0.25, -0.2) is 4.79 Å². The molecule has 0 aromatic carbocycles. The van der Waals surface area contributed by atoms with Gasteiger partial charge in [-0.2, -0.15) is 0 Å². The zero-order valence-electron chi connectivity index (χ0n) is 6.78. The van der Waals surface area contributed by atoms with Crippen LogP contribution in [0, 0.1) is 0 Å². The van der Waals surface area contributed by atoms with Crippen LogP contribution in [-0.4, -0.2) is 43.3 Å². The van der Waals surface area contributed by atoms with Crippen molar-refractivity contribution in [1.29, 1.82) is 0 Å². The molecule has 0 aromatic rings. The molecule has 0 aliphatic rings. The summed E-state index contributed by atoms with van der Waals surface area (Å²) in [6.07, 6.45) is 2.59. The number of aliphatic carboxylic acids is 1. The van der Waals surface area contributed by atoms with Gasteiger partial charge >= 0.3 is 5.97 Å². The average molecular weight is 159 g/mol. The van der Waals surface area contributed by atoms with Crippen LogP contribution in [0.4, 0.5) is 0 Å². The Morgan fingerprint density at radius 3 is 2.82 bits per heavy atom. The van der Waals surface area contributed by atoms with Crippen LogP contribution in [0.25, 0.3) is 0 Å². The molecule has 0 aromatic heterocycles. The van der Waals surface area contributed by atoms with Gasteiger partial charge in [-0.15, -0.1) is 0 Å². The lowest BCUT2D eigenvalue weighted by Gasteiger charge is -2.11. The quantitative estimate of drug-likeness (QED) is 0.581. The molecule has 0 aliphatic carbocycles. The zero-order valence-corrected chi connectivity index (χ0v) is 6.78. The normalized spacial score (nSPS) is 10.4. The Morgan fingerprint density at radius 2 is 2.36 bits per heavy atom. The number of carboxylic acid groups (broad SMARTS) is 1. The smallest absolute Gasteiger partial charge is 0.329 e. The van der Waals surface area contributed by atoms with E-state index < -0.39 is 5.97 Å². The molecule has 1 N–H and O–H groups in total. The van der Waals surface area contributed by atoms with E-state index in [9.17, 15) is 4.79 Å². The van der Waals surface area contributed by atoms with Crippen molar-refractivity contribution in [3.8, 4) is 0 Å². The van der Waals surface area contributed by atoms with Crippen LogP contribution in [0.2, 0.25) is 0 Å². The van der Waals surface area contributed by atoms with Gasteiger partial charge in [0.05, 0.1) is 6.61 Å². The maximum absolute atomic E-state index is 10.0. The van der Waals surface area contributed by atoms with Crippen molar-refractivity contribution in [3.63, 3.8) is 0 Å². The highest BCUT2D eigenvalue weighted by Gasteiger charge is 1.90. The maximum atomic E-state index is 10.0. The minimum absolute atomic E-state index is 0.598. The van der Waals surface area contributed by atoms with Crippen LogP contribution in [0.5, 0.6) is 0 Å². The summed E-state index contributed by atoms with van der Waals surface area (Å²) in [5, 5.41) is 8.24. The lowest BCUT2D eigenvalue weighted by Crippen LogP contribution is -2.16. The molecule has 4 heteroatoms. The Hall–Kier alpha value is -1.03. The number of hydrogen-bond acceptors (Lipinski definition) is 3. The van der Waals surface area contributed by atoms with E-state index in [0.29, 0.717) is 13.2 Å². The van der Waals surface area contributed by atoms with Gasteiger partial charge in [0.1, 0.15) is 0 Å². The van der Waals surface area contributed by atoms with E-state index in [1.165, 1.54) is 6.20 Å². The van der Waals surface area contributed by atoms with Crippen LogP contribution >= 0.6 is 0 Å². The van der Waals surface area contributed by atoms with Crippen molar-refractivity contribution in [2.45, 2.75) is 0 Å². The van der Waals surface area contributed by atoms with Crippen molar-refractivity contribution in [1.82, 2.24) is 4.90 Å². The maximum Gasteiger partial charge on any atom is 0.329 e. The molecule has 0 saturated heterocycles. The molecule has 11 heavy (non-hydrogen) atoms. The Kier molecular flexibility index (Phi) is 5.20. The number of methoxy groups -OCH3 is 1. The molecule has 0 spiro atoms. The molecule has 0 rings (SSSR count). The number of rotatable bonds is 5. The highest BCUT2D eigenvalue weighted by Crippen LogP contribution is 1.83. The molecule has 0 radical (unpaired) electrons. The van der Waals surface area contributed by atoms with Gasteiger partial charge in [0.25, 0.3) is 0 Å². The second kappa shape index (κ2) is 5.73. The number of likely N-dealkylation sites (N-methyl/N-ethyl adjacent to an activating group) is 1. The predicted octanol–water partition coefficient (Wildman–Crippen LogP) is 0.163. The number of hydrogen-bond donors (Lipinski definition) is 1. The SMILES string of the molecule is COCCN(C)C=CC(=O)O. The molecular weight excluding hydrogens is 146 g/mol. The van der Waals surface area contributed by atoms with Gasteiger partial charge in [-0.1, -0.05) is 0 Å². The minimum atomic E-state index is -0.936. The number of carboxylic acids is 1. The largest absolute Gasteiger partial charge is 0.478 e. The van der Waals surface area contributed by atoms with Crippen molar-refractivity contribution in [2.75, 3.05) is 27.3 Å². The first kappa shape index (κ1) is 9.97. The lowest BCUT2D eigenvalue weighted by molar-refractivity contribution is -0.131. The second-order valence-corrected chi connectivity index (χ2v) is 2.13. The summed E-state index contributed by atoms with van der Waals surface area (Å²) in [5.41, 5.74) is 0. The fraction of sp³-hybridized carbons (Fsp3) is 0.571. The second-order valence-electron chi connectivity index (χ2n) is 2.13. The summed E-state index contributed by atoms with van der Waals surface area (Å²) >= 11 is 0. The van der Waals surface area contributed by atoms with E-state index in [1.807, 2.05) is 0 Å². The first-order valence-corrected chi connectivity index (χ1v) is 3.27. The molecule has 0 saturated carbocycles. The first-order chi connectivity index (χ1) is 5.16. The third-order valence-corrected chi connectivity index (χ3v) is 1.12. The Balaban J connectivity index is 3.50. The van der Waals surface area contributed by atoms with Gasteiger partial charge < -0.3 is 14.7 Å². The predicted molar refractivity (Wildman–Crippen MR) is 41.3 cm³/mol. The molecule has 0 heterocycles. The summed E-state index contributed by atoms with van der Waals surface area (Å²) in [6, 6.07) is 0. The Labute approximate surface area is 66.1 Å². The van der Waals surface area contributed by atoms with E-state index in [1.54, 1.807) is 19.1 Å². The van der Waals surface area contributed by atoms with Gasteiger partial charge in [-0.3, -0.25) is 0 Å². The van der Waals surface area contributed by atoms with E-state index in [0.717, 1.165) is 6.08 Å². The van der Waals surface area contributed by atoms with Gasteiger partial charge in [0, 0.05) is 33.0 Å². The highest BCUT2D eigenvalue weighted by molar-refractivity contribution is 5.79. The fourth-order valence-corrected chi connectivity index (χ4v) is 0.501. The lowest BCUT2D eigenvalue weighted by atomic mass is 10.5. The minimum Gasteiger partial charge on any atom is -0.478 e. The zero-order chi connectivity index (χ0) is 8.69. The van der Waals surface area contributed by atoms with Crippen molar-refractivity contribution < 1.29 is 14.6 Å². The molecular formula is C7H13NO3. The highest BCUT2D eigenvalue weighted by atomic mass is 16.5. The van der Waals surface area contributed by atoms with E-state index in [2.05, 4.69) is 0 Å². The standard InChI is InChI=1S/C7H13NO3/c1-8(5-6-11-2)4-3-7(9)10/h3-4H,5-6H2,1-2H3,(H,9,10). The van der Waals surface area contributed by atoms with Gasteiger partial charge in [0.15, 0.2) is 0 Å². The third kappa shape index (κ3) is 6.86. The van der Waals surface area contributed by atoms with Gasteiger partial charge in [0.2, 0.25) is 0 Å². The van der Waals surface area contributed by atoms with E-state index >= 15 is 0 Å². The third-order valence-electron chi connectivity index (χ3n) is 1.12. The molecule has 0 aliphatic heterocycles. The van der Waals surface area contributed by atoms with Crippen molar-refractivity contribution in [2.24, 2.45) is 0 Å². The summed E-state index contributed by atoms with van der Waals surface area (Å²) in [7, 11) is 3.40. The van der Waals surface area contributed by atoms with Crippen LogP contribution < -0.4 is 0 Å². The Morgan fingerprint density at radius 1 is 1.73 bits per heavy atom. The molecule has 0 amide bonds. The summed E-state index contributed by atoms with van der Waals surface area (Å²) < 4.78 is 4.80. The molecule has 0 atom stereocenters. The average Bonchev–Trinajstić information content (AvgIpc) is 1.97. The topological polar surface area (TPSA) is 49.8 Å². The van der Waals surface area contributed by atoms with Crippen molar-refractivity contribution >= 4 is 5.97 Å². The summed E-state index contributed by atoms with van der Waals surface area (Å²) in [4.78, 5) is 11.8. The van der Waals surface area contributed by atoms with Crippen LogP contribution in [0.1, 0.15) is 0 Å². The monoisotopic (exact) mass is 159 g/mol. The Bertz CT molecular complexity index is 145. The van der Waals surface area contributed by atoms with Gasteiger partial charge in [-0.05, 0) is 0 Å². The molecule has 0 fully saturated rings. The van der Waals surface area contributed by atoms with E-state index in [-0.39, 0.29) is 0 Å². The molecule has 4 nitrogen and oxygen atoms in total. The molecule has 0 unspecified atom stereocenters. The van der Waals surface area contributed by atoms with Crippen LogP contribution in [0.3, 0.4) is 0 Å². The van der Waals surface area contributed by atoms with Crippen LogP contribution in [0.15, 0.2) is 12.3 Å². The summed E-state index contributed by atoms with van der Waals surface area (Å²) in [5.74, 6) is -0.936. The molecule has 64 valence electrons. The molecule has 0 bridgehead atoms. The van der Waals surface area contributed by atoms with Crippen LogP contribution in [-0.2, 0) is 9.53 Å². The first-order valence-electron chi connectivity index (χ1n) is 3.27. The number of nitrogens with zero attached hydrogens (tertiary/aromatic N) is 1. The summed E-state index contributed by atoms with van der Waals surface area (Å²) in [6.45, 7) is 1.29. The number of carbonyl (C=O) groups is 1. The number of ether oxygens (including phenoxy) is 1. The van der Waals surface area contributed by atoms with Crippen molar-refractivity contribution in [3.05, 3.63) is 12.3 Å². The van der Waals surface area contributed by atoms with E-state index in [4.69, 9.17) is 9.84 Å². The fourth-order valence-electron chi connectivity index (χ4n) is 0.501.